The van der Waals surface area contributed by atoms with E-state index in [9.17, 15) is 9.59 Å². The van der Waals surface area contributed by atoms with Crippen LogP contribution in [-0.4, -0.2) is 31.2 Å². The summed E-state index contributed by atoms with van der Waals surface area (Å²) in [5, 5.41) is 11.1. The number of ether oxygens (including phenoxy) is 2. The summed E-state index contributed by atoms with van der Waals surface area (Å²) in [6, 6.07) is 5.06. The molecule has 0 heterocycles. The predicted molar refractivity (Wildman–Crippen MR) is 65.0 cm³/mol. The fourth-order valence-electron chi connectivity index (χ4n) is 1.42. The molecule has 0 bridgehead atoms. The summed E-state index contributed by atoms with van der Waals surface area (Å²) in [5.41, 5.74) is 0.451. The number of nitrogens with one attached hydrogen (secondary N) is 1. The number of benzene rings is 1. The third-order valence-electron chi connectivity index (χ3n) is 2.24. The lowest BCUT2D eigenvalue weighted by molar-refractivity contribution is -0.138. The number of hydrogen-bond donors (Lipinski definition) is 2. The molecule has 1 aromatic carbocycles. The fourth-order valence-corrected chi connectivity index (χ4v) is 1.42. The molecule has 6 nitrogen and oxygen atoms in total. The zero-order chi connectivity index (χ0) is 13.5. The van der Waals surface area contributed by atoms with Crippen LogP contribution in [0.4, 0.5) is 5.69 Å². The number of aliphatic carboxylic acids is 1. The molecular formula is C12H15NO5. The number of amides is 1. The van der Waals surface area contributed by atoms with Crippen molar-refractivity contribution in [3.05, 3.63) is 18.2 Å². The van der Waals surface area contributed by atoms with E-state index in [0.717, 1.165) is 0 Å². The van der Waals surface area contributed by atoms with Crippen molar-refractivity contribution in [1.82, 2.24) is 0 Å². The second-order valence-electron chi connectivity index (χ2n) is 3.48. The Morgan fingerprint density at radius 3 is 2.50 bits per heavy atom. The Bertz CT molecular complexity index is 444. The lowest BCUT2D eigenvalue weighted by Gasteiger charge is -2.13. The van der Waals surface area contributed by atoms with E-state index in [2.05, 4.69) is 5.32 Å². The molecule has 1 rings (SSSR count). The minimum atomic E-state index is -1.01. The summed E-state index contributed by atoms with van der Waals surface area (Å²) in [7, 11) is 2.96. The highest BCUT2D eigenvalue weighted by Gasteiger charge is 2.12. The minimum absolute atomic E-state index is 0.0876. The molecule has 18 heavy (non-hydrogen) atoms. The van der Waals surface area contributed by atoms with Gasteiger partial charge in [0.2, 0.25) is 5.91 Å². The summed E-state index contributed by atoms with van der Waals surface area (Å²) >= 11 is 0. The van der Waals surface area contributed by atoms with Crippen molar-refractivity contribution in [3.63, 3.8) is 0 Å². The molecule has 98 valence electrons. The first-order valence-electron chi connectivity index (χ1n) is 5.31. The predicted octanol–water partition coefficient (Wildman–Crippen LogP) is 1.51. The Labute approximate surface area is 105 Å². The number of carbonyl (C=O) groups excluding carboxylic acids is 1. The fraction of sp³-hybridized carbons (Fsp3) is 0.333. The van der Waals surface area contributed by atoms with E-state index in [4.69, 9.17) is 14.6 Å². The Kier molecular flexibility index (Phi) is 4.98. The number of para-hydroxylation sites is 1. The lowest BCUT2D eigenvalue weighted by atomic mass is 10.2. The lowest BCUT2D eigenvalue weighted by Crippen LogP contribution is -2.14. The van der Waals surface area contributed by atoms with E-state index in [1.807, 2.05) is 0 Å². The van der Waals surface area contributed by atoms with E-state index in [0.29, 0.717) is 17.2 Å². The van der Waals surface area contributed by atoms with Gasteiger partial charge in [-0.05, 0) is 12.1 Å². The number of carboxylic acids is 1. The Balaban J connectivity index is 2.77. The largest absolute Gasteiger partial charge is 0.493 e. The van der Waals surface area contributed by atoms with Gasteiger partial charge in [0, 0.05) is 6.42 Å². The zero-order valence-corrected chi connectivity index (χ0v) is 10.2. The highest BCUT2D eigenvalue weighted by molar-refractivity contribution is 5.94. The highest BCUT2D eigenvalue weighted by atomic mass is 16.5. The van der Waals surface area contributed by atoms with Gasteiger partial charge >= 0.3 is 5.97 Å². The summed E-state index contributed by atoms with van der Waals surface area (Å²) in [6.07, 6.45) is -0.298. The van der Waals surface area contributed by atoms with E-state index in [1.165, 1.54) is 14.2 Å². The maximum Gasteiger partial charge on any atom is 0.303 e. The molecule has 0 unspecified atom stereocenters. The van der Waals surface area contributed by atoms with Crippen LogP contribution in [0.2, 0.25) is 0 Å². The molecule has 0 aliphatic heterocycles. The van der Waals surface area contributed by atoms with Gasteiger partial charge in [0.05, 0.1) is 26.3 Å². The smallest absolute Gasteiger partial charge is 0.303 e. The molecule has 0 radical (unpaired) electrons. The monoisotopic (exact) mass is 253 g/mol. The standard InChI is InChI=1S/C12H15NO5/c1-17-9-5-3-4-8(12(9)18-2)13-10(14)6-7-11(15)16/h3-5H,6-7H2,1-2H3,(H,13,14)(H,15,16). The van der Waals surface area contributed by atoms with Gasteiger partial charge < -0.3 is 19.9 Å². The summed E-state index contributed by atoms with van der Waals surface area (Å²) in [6.45, 7) is 0. The van der Waals surface area contributed by atoms with Crippen LogP contribution in [0.1, 0.15) is 12.8 Å². The first kappa shape index (κ1) is 13.8. The average molecular weight is 253 g/mol. The molecule has 0 saturated carbocycles. The molecule has 0 saturated heterocycles. The quantitative estimate of drug-likeness (QED) is 0.802. The van der Waals surface area contributed by atoms with Crippen LogP contribution in [0.5, 0.6) is 11.5 Å². The van der Waals surface area contributed by atoms with Gasteiger partial charge in [0.1, 0.15) is 0 Å². The van der Waals surface area contributed by atoms with Crippen molar-refractivity contribution in [2.24, 2.45) is 0 Å². The number of methoxy groups -OCH3 is 2. The van der Waals surface area contributed by atoms with Gasteiger partial charge in [-0.3, -0.25) is 9.59 Å². The third kappa shape index (κ3) is 3.65. The van der Waals surface area contributed by atoms with E-state index >= 15 is 0 Å². The summed E-state index contributed by atoms with van der Waals surface area (Å²) in [4.78, 5) is 21.9. The SMILES string of the molecule is COc1cccc(NC(=O)CCC(=O)O)c1OC. The van der Waals surface area contributed by atoms with Crippen molar-refractivity contribution < 1.29 is 24.2 Å². The van der Waals surface area contributed by atoms with E-state index in [1.54, 1.807) is 18.2 Å². The molecule has 1 aromatic rings. The van der Waals surface area contributed by atoms with Gasteiger partial charge in [-0.1, -0.05) is 6.07 Å². The molecule has 0 atom stereocenters. The molecule has 0 aliphatic carbocycles. The van der Waals surface area contributed by atoms with Crippen LogP contribution >= 0.6 is 0 Å². The zero-order valence-electron chi connectivity index (χ0n) is 10.2. The van der Waals surface area contributed by atoms with Crippen molar-refractivity contribution >= 4 is 17.6 Å². The van der Waals surface area contributed by atoms with Crippen LogP contribution in [0.15, 0.2) is 18.2 Å². The molecule has 0 spiro atoms. The number of anilines is 1. The molecule has 0 aliphatic rings. The normalized spacial score (nSPS) is 9.67. The van der Waals surface area contributed by atoms with Crippen LogP contribution in [-0.2, 0) is 9.59 Å². The van der Waals surface area contributed by atoms with Crippen molar-refractivity contribution in [2.45, 2.75) is 12.8 Å². The minimum Gasteiger partial charge on any atom is -0.493 e. The van der Waals surface area contributed by atoms with Crippen molar-refractivity contribution in [2.75, 3.05) is 19.5 Å². The summed E-state index contributed by atoms with van der Waals surface area (Å²) in [5.74, 6) is -0.496. The van der Waals surface area contributed by atoms with Crippen LogP contribution in [0.25, 0.3) is 0 Å². The molecule has 6 heteroatoms. The number of rotatable bonds is 6. The average Bonchev–Trinajstić information content (AvgIpc) is 2.36. The summed E-state index contributed by atoms with van der Waals surface area (Å²) < 4.78 is 10.2. The van der Waals surface area contributed by atoms with Gasteiger partial charge in [-0.15, -0.1) is 0 Å². The Morgan fingerprint density at radius 2 is 1.94 bits per heavy atom. The van der Waals surface area contributed by atoms with Gasteiger partial charge in [0.25, 0.3) is 0 Å². The van der Waals surface area contributed by atoms with E-state index < -0.39 is 5.97 Å². The maximum absolute atomic E-state index is 11.5. The first-order chi connectivity index (χ1) is 8.58. The van der Waals surface area contributed by atoms with Gasteiger partial charge in [-0.2, -0.15) is 0 Å². The molecule has 1 amide bonds. The second-order valence-corrected chi connectivity index (χ2v) is 3.48. The van der Waals surface area contributed by atoms with Crippen molar-refractivity contribution in [3.8, 4) is 11.5 Å². The van der Waals surface area contributed by atoms with E-state index in [-0.39, 0.29) is 18.7 Å². The number of hydrogen-bond acceptors (Lipinski definition) is 4. The topological polar surface area (TPSA) is 84.9 Å². The van der Waals surface area contributed by atoms with Crippen molar-refractivity contribution in [1.29, 1.82) is 0 Å². The Morgan fingerprint density at radius 1 is 1.22 bits per heavy atom. The van der Waals surface area contributed by atoms with Gasteiger partial charge in [0.15, 0.2) is 11.5 Å². The van der Waals surface area contributed by atoms with Crippen LogP contribution in [0, 0.1) is 0 Å². The number of carbonyl (C=O) groups is 2. The Hall–Kier alpha value is -2.24. The molecular weight excluding hydrogens is 238 g/mol. The molecule has 2 N–H and O–H groups in total. The molecule has 0 aromatic heterocycles. The number of carboxylic acid groups (broad SMARTS) is 1. The third-order valence-corrected chi connectivity index (χ3v) is 2.24. The second kappa shape index (κ2) is 6.48. The van der Waals surface area contributed by atoms with Crippen LogP contribution in [0.3, 0.4) is 0 Å². The molecule has 0 fully saturated rings. The van der Waals surface area contributed by atoms with Crippen LogP contribution < -0.4 is 14.8 Å². The first-order valence-corrected chi connectivity index (χ1v) is 5.31. The highest BCUT2D eigenvalue weighted by Crippen LogP contribution is 2.34. The maximum atomic E-state index is 11.5. The van der Waals surface area contributed by atoms with Gasteiger partial charge in [-0.25, -0.2) is 0 Å².